The van der Waals surface area contributed by atoms with Crippen molar-refractivity contribution in [2.75, 3.05) is 12.4 Å². The summed E-state index contributed by atoms with van der Waals surface area (Å²) in [6, 6.07) is 11.8. The van der Waals surface area contributed by atoms with Gasteiger partial charge in [-0.2, -0.15) is 10.2 Å². The third kappa shape index (κ3) is 5.69. The smallest absolute Gasteiger partial charge is 0.338 e. The molecular weight excluding hydrogens is 590 g/mol. The number of methoxy groups -OCH3 is 1. The Balaban J connectivity index is 1.34. The minimum atomic E-state index is -0.588. The van der Waals surface area contributed by atoms with Gasteiger partial charge in [-0.05, 0) is 55.7 Å². The van der Waals surface area contributed by atoms with Crippen LogP contribution in [0.1, 0.15) is 52.4 Å². The van der Waals surface area contributed by atoms with Crippen LogP contribution >= 0.6 is 11.6 Å². The molecule has 224 valence electrons. The number of nitro benzene ring substituents is 1. The maximum Gasteiger partial charge on any atom is 0.338 e. The van der Waals surface area contributed by atoms with Gasteiger partial charge in [0.25, 0.3) is 11.6 Å². The summed E-state index contributed by atoms with van der Waals surface area (Å²) in [7, 11) is 1.53. The van der Waals surface area contributed by atoms with Crippen molar-refractivity contribution in [3.63, 3.8) is 0 Å². The van der Waals surface area contributed by atoms with Gasteiger partial charge >= 0.3 is 5.97 Å². The van der Waals surface area contributed by atoms with E-state index in [9.17, 15) is 19.7 Å². The fourth-order valence-electron chi connectivity index (χ4n) is 5.34. The number of amides is 1. The molecule has 0 saturated heterocycles. The van der Waals surface area contributed by atoms with Gasteiger partial charge in [-0.15, -0.1) is 0 Å². The maximum atomic E-state index is 13.5. The van der Waals surface area contributed by atoms with Crippen molar-refractivity contribution in [3.05, 3.63) is 99.6 Å². The van der Waals surface area contributed by atoms with E-state index in [-0.39, 0.29) is 22.9 Å². The lowest BCUT2D eigenvalue weighted by Crippen LogP contribution is -2.32. The molecule has 14 heteroatoms. The number of ether oxygens (including phenoxy) is 2. The van der Waals surface area contributed by atoms with Crippen LogP contribution in [0.3, 0.4) is 0 Å². The van der Waals surface area contributed by atoms with Crippen molar-refractivity contribution in [1.82, 2.24) is 24.4 Å². The van der Waals surface area contributed by atoms with Crippen LogP contribution in [0.2, 0.25) is 5.02 Å². The highest BCUT2D eigenvalue weighted by atomic mass is 35.5. The highest BCUT2D eigenvalue weighted by Crippen LogP contribution is 2.39. The lowest BCUT2D eigenvalue weighted by Gasteiger charge is -2.31. The average Bonchev–Trinajstić information content (AvgIpc) is 3.66. The van der Waals surface area contributed by atoms with Crippen molar-refractivity contribution in [2.45, 2.75) is 37.8 Å². The van der Waals surface area contributed by atoms with Crippen LogP contribution in [0.5, 0.6) is 5.75 Å². The van der Waals surface area contributed by atoms with E-state index in [1.54, 1.807) is 47.5 Å². The Morgan fingerprint density at radius 2 is 1.93 bits per heavy atom. The molecule has 2 aromatic carbocycles. The van der Waals surface area contributed by atoms with Crippen molar-refractivity contribution in [2.24, 2.45) is 0 Å². The summed E-state index contributed by atoms with van der Waals surface area (Å²) in [5, 5.41) is 23.5. The molecule has 1 fully saturated rings. The molecule has 2 atom stereocenters. The number of aromatic nitrogens is 5. The summed E-state index contributed by atoms with van der Waals surface area (Å²) in [6.07, 6.45) is 8.86. The quantitative estimate of drug-likeness (QED) is 0.130. The monoisotopic (exact) mass is 615 g/mol. The highest BCUT2D eigenvalue weighted by molar-refractivity contribution is 6.31. The Morgan fingerprint density at radius 3 is 2.70 bits per heavy atom. The minimum Gasteiger partial charge on any atom is -0.496 e. The fraction of sp³-hybridized carbons (Fsp3) is 0.233. The van der Waals surface area contributed by atoms with Gasteiger partial charge in [0.15, 0.2) is 5.65 Å². The topological polar surface area (TPSA) is 156 Å². The zero-order valence-electron chi connectivity index (χ0n) is 23.4. The van der Waals surface area contributed by atoms with Gasteiger partial charge in [0.1, 0.15) is 23.1 Å². The summed E-state index contributed by atoms with van der Waals surface area (Å²) < 4.78 is 14.7. The van der Waals surface area contributed by atoms with Crippen LogP contribution in [0.15, 0.2) is 73.3 Å². The van der Waals surface area contributed by atoms with Gasteiger partial charge < -0.3 is 14.8 Å². The molecule has 0 aliphatic heterocycles. The maximum absolute atomic E-state index is 13.5. The molecule has 3 heterocycles. The number of carbonyl (C=O) groups excluding carboxylic acids is 2. The molecule has 6 rings (SSSR count). The number of hydrogen-bond acceptors (Lipinski definition) is 9. The first kappa shape index (κ1) is 28.8. The van der Waals surface area contributed by atoms with Crippen LogP contribution in [-0.2, 0) is 4.74 Å². The van der Waals surface area contributed by atoms with E-state index < -0.39 is 22.9 Å². The number of nitrogens with one attached hydrogen (secondary N) is 1. The number of non-ortho nitro benzene ring substituents is 1. The molecule has 1 aliphatic carbocycles. The molecule has 44 heavy (non-hydrogen) atoms. The number of carbonyl (C=O) groups is 2. The lowest BCUT2D eigenvalue weighted by molar-refractivity contribution is -0.384. The number of esters is 1. The van der Waals surface area contributed by atoms with E-state index >= 15 is 0 Å². The van der Waals surface area contributed by atoms with Crippen LogP contribution in [0, 0.1) is 10.1 Å². The average molecular weight is 616 g/mol. The molecule has 0 radical (unpaired) electrons. The van der Waals surface area contributed by atoms with Gasteiger partial charge in [0.2, 0.25) is 0 Å². The second-order valence-electron chi connectivity index (χ2n) is 10.2. The first-order valence-electron chi connectivity index (χ1n) is 13.8. The van der Waals surface area contributed by atoms with E-state index in [0.717, 1.165) is 12.8 Å². The number of rotatable bonds is 8. The van der Waals surface area contributed by atoms with Crippen molar-refractivity contribution in [3.8, 4) is 17.0 Å². The van der Waals surface area contributed by atoms with Crippen LogP contribution in [-0.4, -0.2) is 54.4 Å². The number of nitro groups is 1. The number of benzene rings is 2. The summed E-state index contributed by atoms with van der Waals surface area (Å²) in [5.74, 6) is -0.530. The fourth-order valence-corrected chi connectivity index (χ4v) is 5.51. The standard InChI is InChI=1S/C30H26ClN7O6/c1-43-25-12-9-19(31)15-21(25)27-23(34-29(39)22-16-33-36-14-4-13-32-28(22)36)17-37(35-27)24-5-2-3-6-26(24)44-30(40)18-7-10-20(11-8-18)38(41)42/h4,7-17,24,26H,2-3,5-6H2,1H3,(H,34,39). The largest absolute Gasteiger partial charge is 0.496 e. The third-order valence-electron chi connectivity index (χ3n) is 7.50. The number of fused-ring (bicyclic) bond motifs is 1. The molecule has 13 nitrogen and oxygen atoms in total. The number of nitrogens with zero attached hydrogens (tertiary/aromatic N) is 6. The molecule has 1 saturated carbocycles. The molecular formula is C30H26ClN7O6. The van der Waals surface area contributed by atoms with Crippen molar-refractivity contribution < 1.29 is 24.0 Å². The van der Waals surface area contributed by atoms with E-state index in [0.29, 0.717) is 46.2 Å². The second-order valence-corrected chi connectivity index (χ2v) is 10.7. The molecule has 3 aromatic heterocycles. The predicted octanol–water partition coefficient (Wildman–Crippen LogP) is 5.76. The van der Waals surface area contributed by atoms with Gasteiger partial charge in [0, 0.05) is 41.3 Å². The van der Waals surface area contributed by atoms with E-state index in [4.69, 9.17) is 26.2 Å². The number of halogens is 1. The normalized spacial score (nSPS) is 16.4. The summed E-state index contributed by atoms with van der Waals surface area (Å²) in [6.45, 7) is 0. The number of hydrogen-bond donors (Lipinski definition) is 1. The molecule has 5 aromatic rings. The van der Waals surface area contributed by atoms with Crippen molar-refractivity contribution >= 4 is 40.5 Å². The van der Waals surface area contributed by atoms with Crippen molar-refractivity contribution in [1.29, 1.82) is 0 Å². The third-order valence-corrected chi connectivity index (χ3v) is 7.74. The zero-order valence-corrected chi connectivity index (χ0v) is 24.2. The lowest BCUT2D eigenvalue weighted by atomic mass is 9.92. The first-order chi connectivity index (χ1) is 21.3. The van der Waals surface area contributed by atoms with E-state index in [1.165, 1.54) is 42.1 Å². The Hall–Kier alpha value is -5.30. The molecule has 2 unspecified atom stereocenters. The van der Waals surface area contributed by atoms with Crippen LogP contribution in [0.4, 0.5) is 11.4 Å². The van der Waals surface area contributed by atoms with E-state index in [1.807, 2.05) is 0 Å². The Labute approximate surface area is 255 Å². The predicted molar refractivity (Wildman–Crippen MR) is 160 cm³/mol. The van der Waals surface area contributed by atoms with Gasteiger partial charge in [-0.3, -0.25) is 19.6 Å². The van der Waals surface area contributed by atoms with Gasteiger partial charge in [-0.1, -0.05) is 18.0 Å². The van der Waals surface area contributed by atoms with Gasteiger partial charge in [-0.25, -0.2) is 14.3 Å². The Bertz CT molecular complexity index is 1870. The SMILES string of the molecule is COc1ccc(Cl)cc1-c1nn(C2CCCCC2OC(=O)c2ccc([N+](=O)[O-])cc2)cc1NC(=O)c1cnn2cccnc12. The molecule has 0 spiro atoms. The highest BCUT2D eigenvalue weighted by Gasteiger charge is 2.32. The van der Waals surface area contributed by atoms with Gasteiger partial charge in [0.05, 0.1) is 35.5 Å². The molecule has 1 aliphatic rings. The Kier molecular flexibility index (Phi) is 7.94. The Morgan fingerprint density at radius 1 is 1.14 bits per heavy atom. The molecule has 1 N–H and O–H groups in total. The molecule has 0 bridgehead atoms. The summed E-state index contributed by atoms with van der Waals surface area (Å²) in [4.78, 5) is 41.3. The summed E-state index contributed by atoms with van der Waals surface area (Å²) >= 11 is 6.36. The van der Waals surface area contributed by atoms with E-state index in [2.05, 4.69) is 15.4 Å². The first-order valence-corrected chi connectivity index (χ1v) is 14.2. The second kappa shape index (κ2) is 12.1. The van der Waals surface area contributed by atoms with Crippen LogP contribution in [0.25, 0.3) is 16.9 Å². The summed E-state index contributed by atoms with van der Waals surface area (Å²) in [5.41, 5.74) is 2.11. The minimum absolute atomic E-state index is 0.118. The number of anilines is 1. The zero-order chi connectivity index (χ0) is 30.8. The van der Waals surface area contributed by atoms with Crippen LogP contribution < -0.4 is 10.1 Å². The molecule has 1 amide bonds.